The van der Waals surface area contributed by atoms with Crippen molar-refractivity contribution in [3.05, 3.63) is 0 Å². The zero-order valence-corrected chi connectivity index (χ0v) is 12.7. The highest BCUT2D eigenvalue weighted by atomic mass is 14.9. The monoisotopic (exact) mass is 241 g/mol. The van der Waals surface area contributed by atoms with Gasteiger partial charge in [-0.15, -0.1) is 0 Å². The average Bonchev–Trinajstić information content (AvgIpc) is 2.30. The normalized spacial score (nSPS) is 13.2. The molecule has 0 bridgehead atoms. The van der Waals surface area contributed by atoms with E-state index in [-0.39, 0.29) is 0 Å². The third kappa shape index (κ3) is 12.2. The van der Waals surface area contributed by atoms with Gasteiger partial charge in [0.05, 0.1) is 0 Å². The molecule has 104 valence electrons. The molecule has 1 heteroatoms. The molecule has 0 aromatic heterocycles. The summed E-state index contributed by atoms with van der Waals surface area (Å²) in [5.74, 6) is 0.848. The van der Waals surface area contributed by atoms with E-state index in [1.807, 2.05) is 0 Å². The van der Waals surface area contributed by atoms with Crippen LogP contribution in [0.15, 0.2) is 0 Å². The minimum Gasteiger partial charge on any atom is -0.314 e. The first-order valence-electron chi connectivity index (χ1n) is 7.94. The van der Waals surface area contributed by atoms with Crippen molar-refractivity contribution in [1.29, 1.82) is 0 Å². The van der Waals surface area contributed by atoms with E-state index < -0.39 is 0 Å². The molecular weight excluding hydrogens is 206 g/mol. The highest BCUT2D eigenvalue weighted by molar-refractivity contribution is 4.67. The van der Waals surface area contributed by atoms with Gasteiger partial charge in [-0.2, -0.15) is 0 Å². The van der Waals surface area contributed by atoms with Gasteiger partial charge in [-0.25, -0.2) is 0 Å². The Labute approximate surface area is 110 Å². The molecule has 17 heavy (non-hydrogen) atoms. The van der Waals surface area contributed by atoms with E-state index in [4.69, 9.17) is 0 Å². The largest absolute Gasteiger partial charge is 0.314 e. The van der Waals surface area contributed by atoms with Gasteiger partial charge in [-0.3, -0.25) is 0 Å². The van der Waals surface area contributed by atoms with Gasteiger partial charge in [0, 0.05) is 6.04 Å². The van der Waals surface area contributed by atoms with Gasteiger partial charge in [0.2, 0.25) is 0 Å². The molecule has 0 spiro atoms. The second kappa shape index (κ2) is 12.4. The van der Waals surface area contributed by atoms with Crippen molar-refractivity contribution < 1.29 is 0 Å². The number of hydrogen-bond acceptors (Lipinski definition) is 1. The van der Waals surface area contributed by atoms with Crippen LogP contribution in [0.4, 0.5) is 0 Å². The van der Waals surface area contributed by atoms with Crippen LogP contribution in [-0.4, -0.2) is 12.6 Å². The van der Waals surface area contributed by atoms with E-state index >= 15 is 0 Å². The lowest BCUT2D eigenvalue weighted by atomic mass is 9.98. The van der Waals surface area contributed by atoms with Gasteiger partial charge < -0.3 is 5.32 Å². The summed E-state index contributed by atoms with van der Waals surface area (Å²) in [7, 11) is 0. The molecule has 0 aliphatic carbocycles. The lowest BCUT2D eigenvalue weighted by Crippen LogP contribution is -2.29. The molecule has 0 aliphatic rings. The summed E-state index contributed by atoms with van der Waals surface area (Å²) in [6.45, 7) is 10.3. The molecule has 0 fully saturated rings. The second-order valence-electron chi connectivity index (χ2n) is 5.78. The van der Waals surface area contributed by atoms with Crippen molar-refractivity contribution in [1.82, 2.24) is 5.32 Å². The second-order valence-corrected chi connectivity index (χ2v) is 5.78. The average molecular weight is 241 g/mol. The van der Waals surface area contributed by atoms with E-state index in [0.717, 1.165) is 18.5 Å². The lowest BCUT2D eigenvalue weighted by Gasteiger charge is -2.18. The Hall–Kier alpha value is -0.0400. The Morgan fingerprint density at radius 1 is 0.765 bits per heavy atom. The van der Waals surface area contributed by atoms with Crippen LogP contribution in [0.5, 0.6) is 0 Å². The zero-order chi connectivity index (χ0) is 12.9. The highest BCUT2D eigenvalue weighted by Gasteiger charge is 2.07. The minimum atomic E-state index is 0.772. The van der Waals surface area contributed by atoms with Crippen LogP contribution in [0.1, 0.15) is 85.5 Å². The predicted octanol–water partition coefficient (Wildman–Crippen LogP) is 5.15. The smallest absolute Gasteiger partial charge is 0.00670 e. The number of nitrogens with one attached hydrogen (secondary N) is 1. The van der Waals surface area contributed by atoms with Gasteiger partial charge in [0.1, 0.15) is 0 Å². The molecule has 0 heterocycles. The quantitative estimate of drug-likeness (QED) is 0.466. The van der Waals surface area contributed by atoms with Crippen LogP contribution in [0.25, 0.3) is 0 Å². The van der Waals surface area contributed by atoms with Crippen LogP contribution in [0, 0.1) is 5.92 Å². The summed E-state index contributed by atoms with van der Waals surface area (Å²) in [5.41, 5.74) is 0. The molecule has 0 saturated heterocycles. The Morgan fingerprint density at radius 2 is 1.41 bits per heavy atom. The lowest BCUT2D eigenvalue weighted by molar-refractivity contribution is 0.402. The van der Waals surface area contributed by atoms with E-state index in [0.29, 0.717) is 0 Å². The summed E-state index contributed by atoms with van der Waals surface area (Å²) < 4.78 is 0. The molecule has 0 radical (unpaired) electrons. The van der Waals surface area contributed by atoms with E-state index in [9.17, 15) is 0 Å². The van der Waals surface area contributed by atoms with Gasteiger partial charge in [-0.05, 0) is 31.7 Å². The molecular formula is C16H35N. The SMILES string of the molecule is CCCCCCCCC(CCC(C)C)NCC. The summed E-state index contributed by atoms with van der Waals surface area (Å²) in [4.78, 5) is 0. The van der Waals surface area contributed by atoms with Gasteiger partial charge in [0.25, 0.3) is 0 Å². The fraction of sp³-hybridized carbons (Fsp3) is 1.00. The summed E-state index contributed by atoms with van der Waals surface area (Å²) in [6, 6.07) is 0.772. The van der Waals surface area contributed by atoms with Crippen molar-refractivity contribution in [3.63, 3.8) is 0 Å². The molecule has 0 aliphatic heterocycles. The van der Waals surface area contributed by atoms with E-state index in [1.165, 1.54) is 57.8 Å². The van der Waals surface area contributed by atoms with Crippen LogP contribution >= 0.6 is 0 Å². The molecule has 1 unspecified atom stereocenters. The first-order chi connectivity index (χ1) is 8.20. The molecule has 0 amide bonds. The molecule has 1 nitrogen and oxygen atoms in total. The van der Waals surface area contributed by atoms with Crippen molar-refractivity contribution in [2.75, 3.05) is 6.54 Å². The Kier molecular flexibility index (Phi) is 12.4. The fourth-order valence-electron chi connectivity index (χ4n) is 2.34. The van der Waals surface area contributed by atoms with Gasteiger partial charge in [-0.1, -0.05) is 66.2 Å². The number of rotatable bonds is 12. The first kappa shape index (κ1) is 17.0. The number of unbranched alkanes of at least 4 members (excludes halogenated alkanes) is 5. The molecule has 1 N–H and O–H groups in total. The van der Waals surface area contributed by atoms with Crippen molar-refractivity contribution >= 4 is 0 Å². The standard InChI is InChI=1S/C16H35N/c1-5-7-8-9-10-11-12-16(17-6-2)14-13-15(3)4/h15-17H,5-14H2,1-4H3. The maximum atomic E-state index is 3.64. The maximum Gasteiger partial charge on any atom is 0.00670 e. The van der Waals surface area contributed by atoms with Crippen LogP contribution in [0.2, 0.25) is 0 Å². The van der Waals surface area contributed by atoms with Crippen LogP contribution < -0.4 is 5.32 Å². The minimum absolute atomic E-state index is 0.772. The predicted molar refractivity (Wildman–Crippen MR) is 79.5 cm³/mol. The third-order valence-electron chi connectivity index (χ3n) is 3.49. The Morgan fingerprint density at radius 3 is 2.00 bits per heavy atom. The first-order valence-corrected chi connectivity index (χ1v) is 7.94. The maximum absolute atomic E-state index is 3.64. The fourth-order valence-corrected chi connectivity index (χ4v) is 2.34. The van der Waals surface area contributed by atoms with Crippen LogP contribution in [-0.2, 0) is 0 Å². The zero-order valence-electron chi connectivity index (χ0n) is 12.7. The van der Waals surface area contributed by atoms with Crippen molar-refractivity contribution in [2.45, 2.75) is 91.5 Å². The Balaban J connectivity index is 3.48. The van der Waals surface area contributed by atoms with Crippen molar-refractivity contribution in [2.24, 2.45) is 5.92 Å². The highest BCUT2D eigenvalue weighted by Crippen LogP contribution is 2.14. The van der Waals surface area contributed by atoms with Crippen LogP contribution in [0.3, 0.4) is 0 Å². The van der Waals surface area contributed by atoms with E-state index in [1.54, 1.807) is 0 Å². The topological polar surface area (TPSA) is 12.0 Å². The molecule has 0 aromatic carbocycles. The van der Waals surface area contributed by atoms with E-state index in [2.05, 4.69) is 33.0 Å². The van der Waals surface area contributed by atoms with Crippen molar-refractivity contribution in [3.8, 4) is 0 Å². The van der Waals surface area contributed by atoms with Gasteiger partial charge in [0.15, 0.2) is 0 Å². The number of hydrogen-bond donors (Lipinski definition) is 1. The summed E-state index contributed by atoms with van der Waals surface area (Å²) >= 11 is 0. The summed E-state index contributed by atoms with van der Waals surface area (Å²) in [5, 5.41) is 3.64. The molecule has 0 aromatic rings. The Bertz CT molecular complexity index is 142. The molecule has 1 atom stereocenters. The molecule has 0 saturated carbocycles. The third-order valence-corrected chi connectivity index (χ3v) is 3.49. The summed E-state index contributed by atoms with van der Waals surface area (Å²) in [6.07, 6.45) is 12.6. The molecule has 0 rings (SSSR count). The van der Waals surface area contributed by atoms with Gasteiger partial charge >= 0.3 is 0 Å².